The van der Waals surface area contributed by atoms with Gasteiger partial charge in [0.2, 0.25) is 5.82 Å². The third-order valence-corrected chi connectivity index (χ3v) is 4.95. The van der Waals surface area contributed by atoms with Crippen LogP contribution >= 0.6 is 0 Å². The number of nitrogens with zero attached hydrogens (tertiary/aromatic N) is 4. The number of hydrogen-bond donors (Lipinski definition) is 2. The Hall–Kier alpha value is -3.30. The summed E-state index contributed by atoms with van der Waals surface area (Å²) in [5, 5.41) is 9.14. The Morgan fingerprint density at radius 3 is 2.44 bits per heavy atom. The quantitative estimate of drug-likeness (QED) is 0.748. The van der Waals surface area contributed by atoms with E-state index in [0.29, 0.717) is 37.4 Å². The Morgan fingerprint density at radius 2 is 1.85 bits per heavy atom. The zero-order chi connectivity index (χ0) is 19.2. The predicted octanol–water partition coefficient (Wildman–Crippen LogP) is 0.529. The van der Waals surface area contributed by atoms with E-state index in [-0.39, 0.29) is 23.5 Å². The van der Waals surface area contributed by atoms with Crippen LogP contribution in [0.4, 0.5) is 9.18 Å². The average Bonchev–Trinajstić information content (AvgIpc) is 3.16. The van der Waals surface area contributed by atoms with Crippen LogP contribution < -0.4 is 10.6 Å². The van der Waals surface area contributed by atoms with Gasteiger partial charge in [0.1, 0.15) is 17.2 Å². The summed E-state index contributed by atoms with van der Waals surface area (Å²) in [4.78, 5) is 41.9. The second kappa shape index (κ2) is 6.15. The van der Waals surface area contributed by atoms with Gasteiger partial charge in [-0.3, -0.25) is 14.9 Å². The van der Waals surface area contributed by atoms with Gasteiger partial charge in [0.25, 0.3) is 11.8 Å². The molecule has 2 N–H and O–H groups in total. The van der Waals surface area contributed by atoms with E-state index < -0.39 is 11.6 Å². The van der Waals surface area contributed by atoms with Crippen molar-refractivity contribution in [2.24, 2.45) is 0 Å². The van der Waals surface area contributed by atoms with Crippen LogP contribution in [0, 0.1) is 12.7 Å². The smallest absolute Gasteiger partial charge is 0.322 e. The Morgan fingerprint density at radius 1 is 1.19 bits per heavy atom. The molecule has 2 saturated heterocycles. The van der Waals surface area contributed by atoms with Crippen LogP contribution in [0.1, 0.15) is 29.3 Å². The molecule has 4 amide bonds. The Bertz CT molecular complexity index is 931. The molecule has 1 aromatic carbocycles. The first-order valence-electron chi connectivity index (χ1n) is 8.50. The summed E-state index contributed by atoms with van der Waals surface area (Å²) in [6, 6.07) is 5.22. The molecule has 10 heteroatoms. The fourth-order valence-corrected chi connectivity index (χ4v) is 3.42. The highest BCUT2D eigenvalue weighted by atomic mass is 19.1. The molecule has 0 atom stereocenters. The third kappa shape index (κ3) is 2.92. The van der Waals surface area contributed by atoms with Crippen molar-refractivity contribution < 1.29 is 18.8 Å². The van der Waals surface area contributed by atoms with Crippen molar-refractivity contribution in [2.75, 3.05) is 13.1 Å². The number of amides is 4. The average molecular weight is 372 g/mol. The van der Waals surface area contributed by atoms with Crippen molar-refractivity contribution in [3.05, 3.63) is 41.7 Å². The third-order valence-electron chi connectivity index (χ3n) is 4.95. The van der Waals surface area contributed by atoms with Gasteiger partial charge in [0.15, 0.2) is 0 Å². The van der Waals surface area contributed by atoms with Crippen LogP contribution in [0.15, 0.2) is 24.3 Å². The molecule has 2 aromatic rings. The second-order valence-electron chi connectivity index (χ2n) is 6.65. The lowest BCUT2D eigenvalue weighted by Gasteiger charge is -2.36. The first-order valence-corrected chi connectivity index (χ1v) is 8.50. The molecule has 4 rings (SSSR count). The maximum Gasteiger partial charge on any atom is 0.322 e. The molecule has 27 heavy (non-hydrogen) atoms. The summed E-state index contributed by atoms with van der Waals surface area (Å²) >= 11 is 0. The van der Waals surface area contributed by atoms with Gasteiger partial charge in [-0.05, 0) is 44.0 Å². The van der Waals surface area contributed by atoms with Crippen LogP contribution in [0.5, 0.6) is 0 Å². The highest BCUT2D eigenvalue weighted by molar-refractivity contribution is 6.07. The predicted molar refractivity (Wildman–Crippen MR) is 90.6 cm³/mol. The summed E-state index contributed by atoms with van der Waals surface area (Å²) in [5.41, 5.74) is -0.339. The van der Waals surface area contributed by atoms with Crippen LogP contribution in [0.25, 0.3) is 5.69 Å². The van der Waals surface area contributed by atoms with E-state index in [4.69, 9.17) is 0 Å². The zero-order valence-electron chi connectivity index (χ0n) is 14.5. The molecule has 0 bridgehead atoms. The Labute approximate surface area is 153 Å². The molecule has 0 unspecified atom stereocenters. The zero-order valence-corrected chi connectivity index (χ0v) is 14.5. The largest absolute Gasteiger partial charge is 0.336 e. The number of urea groups is 1. The van der Waals surface area contributed by atoms with Crippen molar-refractivity contribution in [2.45, 2.75) is 25.3 Å². The maximum absolute atomic E-state index is 13.1. The molecule has 0 radical (unpaired) electrons. The highest BCUT2D eigenvalue weighted by Gasteiger charge is 2.48. The molecule has 2 aliphatic rings. The number of aromatic nitrogens is 3. The number of carbonyl (C=O) groups excluding carboxylic acids is 3. The van der Waals surface area contributed by atoms with E-state index in [2.05, 4.69) is 20.7 Å². The van der Waals surface area contributed by atoms with Crippen molar-refractivity contribution in [3.63, 3.8) is 0 Å². The van der Waals surface area contributed by atoms with Gasteiger partial charge in [-0.1, -0.05) is 0 Å². The summed E-state index contributed by atoms with van der Waals surface area (Å²) in [5.74, 6) is -0.528. The molecule has 2 fully saturated rings. The number of likely N-dealkylation sites (tertiary alicyclic amines) is 1. The number of piperidine rings is 1. The number of hydrogen-bond acceptors (Lipinski definition) is 5. The minimum atomic E-state index is -0.940. The fraction of sp³-hybridized carbons (Fsp3) is 0.353. The lowest BCUT2D eigenvalue weighted by molar-refractivity contribution is -0.125. The monoisotopic (exact) mass is 372 g/mol. The van der Waals surface area contributed by atoms with Gasteiger partial charge >= 0.3 is 6.03 Å². The molecule has 0 aliphatic carbocycles. The topological polar surface area (TPSA) is 109 Å². The molecule has 140 valence electrons. The number of imide groups is 1. The molecule has 3 heterocycles. The van der Waals surface area contributed by atoms with Crippen molar-refractivity contribution in [3.8, 4) is 5.69 Å². The molecular formula is C17H17FN6O3. The van der Waals surface area contributed by atoms with E-state index in [1.165, 1.54) is 16.8 Å². The minimum absolute atomic E-state index is 0.0349. The molecule has 2 aliphatic heterocycles. The van der Waals surface area contributed by atoms with E-state index in [9.17, 15) is 18.8 Å². The molecule has 1 aromatic heterocycles. The number of halogens is 1. The molecule has 1 spiro atoms. The van der Waals surface area contributed by atoms with Gasteiger partial charge in [-0.25, -0.2) is 18.9 Å². The first-order chi connectivity index (χ1) is 12.9. The lowest BCUT2D eigenvalue weighted by Crippen LogP contribution is -2.55. The summed E-state index contributed by atoms with van der Waals surface area (Å²) in [6.45, 7) is 2.31. The van der Waals surface area contributed by atoms with Crippen LogP contribution in [-0.4, -0.2) is 56.1 Å². The Kier molecular flexibility index (Phi) is 3.90. The second-order valence-corrected chi connectivity index (χ2v) is 6.65. The van der Waals surface area contributed by atoms with Gasteiger partial charge < -0.3 is 10.2 Å². The first kappa shape index (κ1) is 17.1. The molecule has 9 nitrogen and oxygen atoms in total. The summed E-state index contributed by atoms with van der Waals surface area (Å²) in [7, 11) is 0. The normalized spacial score (nSPS) is 18.5. The van der Waals surface area contributed by atoms with Crippen molar-refractivity contribution in [1.82, 2.24) is 30.3 Å². The minimum Gasteiger partial charge on any atom is -0.336 e. The number of carbonyl (C=O) groups is 3. The highest BCUT2D eigenvalue weighted by Crippen LogP contribution is 2.26. The van der Waals surface area contributed by atoms with Gasteiger partial charge in [-0.15, -0.1) is 5.10 Å². The number of benzene rings is 1. The van der Waals surface area contributed by atoms with Gasteiger partial charge in [-0.2, -0.15) is 0 Å². The summed E-state index contributed by atoms with van der Waals surface area (Å²) in [6.07, 6.45) is 0.655. The van der Waals surface area contributed by atoms with Crippen LogP contribution in [0.3, 0.4) is 0 Å². The molecular weight excluding hydrogens is 355 g/mol. The number of rotatable bonds is 2. The van der Waals surface area contributed by atoms with Crippen LogP contribution in [0.2, 0.25) is 0 Å². The van der Waals surface area contributed by atoms with E-state index in [1.54, 1.807) is 24.0 Å². The fourth-order valence-electron chi connectivity index (χ4n) is 3.42. The van der Waals surface area contributed by atoms with E-state index in [0.717, 1.165) is 0 Å². The SMILES string of the molecule is Cc1nc(C(=O)N2CCC3(CC2)NC(=O)NC3=O)nn1-c1ccc(F)cc1. The lowest BCUT2D eigenvalue weighted by atomic mass is 9.87. The van der Waals surface area contributed by atoms with Crippen molar-refractivity contribution >= 4 is 17.8 Å². The van der Waals surface area contributed by atoms with Gasteiger partial charge in [0, 0.05) is 13.1 Å². The standard InChI is InChI=1S/C17H17FN6O3/c1-10-19-13(22-24(10)12-4-2-11(18)3-5-12)14(25)23-8-6-17(7-9-23)15(26)20-16(27)21-17/h2-5H,6-9H2,1H3,(H2,20,21,26,27). The summed E-state index contributed by atoms with van der Waals surface area (Å²) < 4.78 is 14.6. The molecule has 0 saturated carbocycles. The van der Waals surface area contributed by atoms with Crippen molar-refractivity contribution in [1.29, 1.82) is 0 Å². The Balaban J connectivity index is 1.50. The number of nitrogens with one attached hydrogen (secondary N) is 2. The number of aryl methyl sites for hydroxylation is 1. The van der Waals surface area contributed by atoms with E-state index in [1.807, 2.05) is 0 Å². The van der Waals surface area contributed by atoms with Gasteiger partial charge in [0.05, 0.1) is 5.69 Å². The maximum atomic E-state index is 13.1. The van der Waals surface area contributed by atoms with E-state index >= 15 is 0 Å². The van der Waals surface area contributed by atoms with Crippen LogP contribution in [-0.2, 0) is 4.79 Å².